The average molecular weight is 410 g/mol. The molecule has 6 heteroatoms. The number of halogens is 1. The molecule has 150 valence electrons. The van der Waals surface area contributed by atoms with Crippen molar-refractivity contribution in [1.82, 2.24) is 14.9 Å². The number of H-pyrrole nitrogens is 1. The van der Waals surface area contributed by atoms with E-state index in [0.717, 1.165) is 54.5 Å². The molecule has 0 bridgehead atoms. The molecule has 0 radical (unpaired) electrons. The molecule has 1 aliphatic carbocycles. The van der Waals surface area contributed by atoms with Gasteiger partial charge in [-0.2, -0.15) is 0 Å². The lowest BCUT2D eigenvalue weighted by Crippen LogP contribution is -2.35. The molecule has 1 aliphatic heterocycles. The Kier molecular flexibility index (Phi) is 4.82. The Hall–Kier alpha value is -2.34. The van der Waals surface area contributed by atoms with Crippen LogP contribution >= 0.6 is 11.6 Å². The first-order valence-electron chi connectivity index (χ1n) is 10.1. The van der Waals surface area contributed by atoms with Crippen molar-refractivity contribution in [2.45, 2.75) is 51.6 Å². The second kappa shape index (κ2) is 7.48. The van der Waals surface area contributed by atoms with E-state index in [-0.39, 0.29) is 0 Å². The first kappa shape index (κ1) is 18.7. The minimum atomic E-state index is -0.796. The minimum absolute atomic E-state index is 0.482. The summed E-state index contributed by atoms with van der Waals surface area (Å²) in [5.74, 6) is 1.59. The molecule has 5 rings (SSSR count). The Morgan fingerprint density at radius 2 is 2.03 bits per heavy atom. The summed E-state index contributed by atoms with van der Waals surface area (Å²) in [6, 6.07) is 14.4. The standard InChI is InChI=1S/C23H24ClN3O2/c1-14(28)29-18-8-6-15-12-27(13-16(15)10-18)17-7-9-21-22(11-17)26-23(25-21)19-4-2-3-5-20(19)24/h2-6,8,10,14,17,28H,7,9,11-13H2,1H3,(H,25,26). The van der Waals surface area contributed by atoms with Gasteiger partial charge in [-0.3, -0.25) is 4.90 Å². The van der Waals surface area contributed by atoms with Crippen molar-refractivity contribution in [2.75, 3.05) is 0 Å². The zero-order valence-electron chi connectivity index (χ0n) is 16.4. The van der Waals surface area contributed by atoms with E-state index in [1.165, 1.54) is 22.5 Å². The van der Waals surface area contributed by atoms with Crippen LogP contribution in [0.25, 0.3) is 11.4 Å². The number of aryl methyl sites for hydroxylation is 1. The predicted octanol–water partition coefficient (Wildman–Crippen LogP) is 4.32. The van der Waals surface area contributed by atoms with Gasteiger partial charge in [0.2, 0.25) is 0 Å². The molecule has 3 aromatic rings. The second-order valence-corrected chi connectivity index (χ2v) is 8.35. The number of benzene rings is 2. The molecule has 2 aromatic carbocycles. The van der Waals surface area contributed by atoms with Gasteiger partial charge in [0.1, 0.15) is 11.6 Å². The molecule has 0 fully saturated rings. The number of aromatic nitrogens is 2. The van der Waals surface area contributed by atoms with Gasteiger partial charge < -0.3 is 14.8 Å². The van der Waals surface area contributed by atoms with Crippen LogP contribution < -0.4 is 4.74 Å². The highest BCUT2D eigenvalue weighted by atomic mass is 35.5. The van der Waals surface area contributed by atoms with Crippen molar-refractivity contribution in [1.29, 1.82) is 0 Å². The van der Waals surface area contributed by atoms with Crippen molar-refractivity contribution < 1.29 is 9.84 Å². The average Bonchev–Trinajstić information content (AvgIpc) is 3.30. The third kappa shape index (κ3) is 3.66. The molecule has 2 heterocycles. The summed E-state index contributed by atoms with van der Waals surface area (Å²) < 4.78 is 5.43. The first-order valence-corrected chi connectivity index (χ1v) is 10.5. The molecule has 0 saturated heterocycles. The zero-order chi connectivity index (χ0) is 20.0. The van der Waals surface area contributed by atoms with Crippen molar-refractivity contribution in [3.8, 4) is 17.1 Å². The Balaban J connectivity index is 1.32. The van der Waals surface area contributed by atoms with Gasteiger partial charge in [-0.05, 0) is 55.2 Å². The van der Waals surface area contributed by atoms with Gasteiger partial charge in [0.25, 0.3) is 0 Å². The molecule has 29 heavy (non-hydrogen) atoms. The number of aliphatic hydroxyl groups is 1. The highest BCUT2D eigenvalue weighted by Crippen LogP contribution is 2.34. The van der Waals surface area contributed by atoms with Gasteiger partial charge in [0.05, 0.1) is 10.7 Å². The fourth-order valence-electron chi connectivity index (χ4n) is 4.48. The lowest BCUT2D eigenvalue weighted by molar-refractivity contribution is -0.000350. The molecule has 1 aromatic heterocycles. The zero-order valence-corrected chi connectivity index (χ0v) is 17.1. The van der Waals surface area contributed by atoms with Crippen LogP contribution in [-0.4, -0.2) is 32.3 Å². The van der Waals surface area contributed by atoms with Gasteiger partial charge >= 0.3 is 0 Å². The van der Waals surface area contributed by atoms with E-state index in [2.05, 4.69) is 22.0 Å². The van der Waals surface area contributed by atoms with Gasteiger partial charge in [-0.25, -0.2) is 4.98 Å². The maximum Gasteiger partial charge on any atom is 0.194 e. The number of nitrogens with zero attached hydrogens (tertiary/aromatic N) is 2. The van der Waals surface area contributed by atoms with Crippen LogP contribution in [0.3, 0.4) is 0 Å². The third-order valence-electron chi connectivity index (χ3n) is 5.90. The smallest absolute Gasteiger partial charge is 0.194 e. The number of imidazole rings is 1. The predicted molar refractivity (Wildman–Crippen MR) is 113 cm³/mol. The summed E-state index contributed by atoms with van der Waals surface area (Å²) in [6.45, 7) is 3.49. The van der Waals surface area contributed by atoms with Crippen LogP contribution in [0.1, 0.15) is 35.9 Å². The van der Waals surface area contributed by atoms with Crippen molar-refractivity contribution in [3.63, 3.8) is 0 Å². The third-order valence-corrected chi connectivity index (χ3v) is 6.22. The van der Waals surface area contributed by atoms with Crippen molar-refractivity contribution >= 4 is 11.6 Å². The van der Waals surface area contributed by atoms with E-state index in [1.807, 2.05) is 30.3 Å². The quantitative estimate of drug-likeness (QED) is 0.630. The number of aliphatic hydroxyl groups excluding tert-OH is 1. The minimum Gasteiger partial charge on any atom is -0.465 e. The summed E-state index contributed by atoms with van der Waals surface area (Å²) in [5, 5.41) is 10.2. The van der Waals surface area contributed by atoms with Crippen LogP contribution in [0.2, 0.25) is 5.02 Å². The topological polar surface area (TPSA) is 61.4 Å². The SMILES string of the molecule is CC(O)Oc1ccc2c(c1)CN(C1CCc3nc(-c4ccccc4Cl)[nH]c3C1)C2. The van der Waals surface area contributed by atoms with Crippen LogP contribution in [0.15, 0.2) is 42.5 Å². The molecule has 0 amide bonds. The van der Waals surface area contributed by atoms with Crippen molar-refractivity contribution in [2.24, 2.45) is 0 Å². The fraction of sp³-hybridized carbons (Fsp3) is 0.348. The molecular formula is C23H24ClN3O2. The second-order valence-electron chi connectivity index (χ2n) is 7.94. The maximum absolute atomic E-state index is 9.45. The van der Waals surface area contributed by atoms with E-state index in [1.54, 1.807) is 6.92 Å². The Morgan fingerprint density at radius 3 is 2.86 bits per heavy atom. The maximum atomic E-state index is 9.45. The van der Waals surface area contributed by atoms with Gasteiger partial charge in [-0.1, -0.05) is 29.8 Å². The number of rotatable bonds is 4. The number of ether oxygens (including phenoxy) is 1. The number of fused-ring (bicyclic) bond motifs is 2. The molecule has 0 saturated carbocycles. The largest absolute Gasteiger partial charge is 0.465 e. The van der Waals surface area contributed by atoms with E-state index in [9.17, 15) is 5.11 Å². The van der Waals surface area contributed by atoms with Crippen LogP contribution in [0, 0.1) is 0 Å². The van der Waals surface area contributed by atoms with E-state index >= 15 is 0 Å². The van der Waals surface area contributed by atoms with Crippen LogP contribution in [0.5, 0.6) is 5.75 Å². The number of nitrogens with one attached hydrogen (secondary N) is 1. The molecule has 2 unspecified atom stereocenters. The van der Waals surface area contributed by atoms with E-state index < -0.39 is 6.29 Å². The van der Waals surface area contributed by atoms with E-state index in [0.29, 0.717) is 6.04 Å². The molecule has 2 aliphatic rings. The summed E-state index contributed by atoms with van der Waals surface area (Å²) in [5.41, 5.74) is 5.98. The lowest BCUT2D eigenvalue weighted by Gasteiger charge is -2.30. The Labute approximate surface area is 175 Å². The van der Waals surface area contributed by atoms with Gasteiger partial charge in [0.15, 0.2) is 6.29 Å². The van der Waals surface area contributed by atoms with E-state index in [4.69, 9.17) is 21.3 Å². The van der Waals surface area contributed by atoms with Crippen LogP contribution in [-0.2, 0) is 25.9 Å². The van der Waals surface area contributed by atoms with Gasteiger partial charge in [0, 0.05) is 36.8 Å². The summed E-state index contributed by atoms with van der Waals surface area (Å²) in [6.07, 6.45) is 2.25. The molecule has 5 nitrogen and oxygen atoms in total. The number of hydrogen-bond acceptors (Lipinski definition) is 4. The molecule has 2 N–H and O–H groups in total. The highest BCUT2D eigenvalue weighted by molar-refractivity contribution is 6.33. The lowest BCUT2D eigenvalue weighted by atomic mass is 9.95. The molecule has 2 atom stereocenters. The number of aromatic amines is 1. The Morgan fingerprint density at radius 1 is 1.21 bits per heavy atom. The van der Waals surface area contributed by atoms with Gasteiger partial charge in [-0.15, -0.1) is 0 Å². The monoisotopic (exact) mass is 409 g/mol. The van der Waals surface area contributed by atoms with Crippen LogP contribution in [0.4, 0.5) is 0 Å². The molecule has 0 spiro atoms. The highest BCUT2D eigenvalue weighted by Gasteiger charge is 2.31. The summed E-state index contributed by atoms with van der Waals surface area (Å²) in [4.78, 5) is 10.9. The fourth-order valence-corrected chi connectivity index (χ4v) is 4.71. The normalized spacial score (nSPS) is 19.6. The number of hydrogen-bond donors (Lipinski definition) is 2. The molecular weight excluding hydrogens is 386 g/mol. The first-order chi connectivity index (χ1) is 14.1. The summed E-state index contributed by atoms with van der Waals surface area (Å²) in [7, 11) is 0. The summed E-state index contributed by atoms with van der Waals surface area (Å²) >= 11 is 6.36. The van der Waals surface area contributed by atoms with Crippen molar-refractivity contribution in [3.05, 3.63) is 70.0 Å². The Bertz CT molecular complexity index is 1050.